The van der Waals surface area contributed by atoms with E-state index in [4.69, 9.17) is 9.84 Å². The SMILES string of the molecule is CCN(CC(C)C(=O)O)C(=O)Nc1cc(C)ccc1OC. The fourth-order valence-electron chi connectivity index (χ4n) is 1.88. The summed E-state index contributed by atoms with van der Waals surface area (Å²) in [5.74, 6) is -0.972. The highest BCUT2D eigenvalue weighted by molar-refractivity contribution is 5.91. The molecule has 0 saturated heterocycles. The van der Waals surface area contributed by atoms with E-state index in [2.05, 4.69) is 5.32 Å². The monoisotopic (exact) mass is 294 g/mol. The molecule has 1 atom stereocenters. The second-order valence-electron chi connectivity index (χ2n) is 4.91. The number of rotatable bonds is 6. The van der Waals surface area contributed by atoms with Crippen molar-refractivity contribution < 1.29 is 19.4 Å². The zero-order chi connectivity index (χ0) is 16.0. The predicted octanol–water partition coefficient (Wildman–Crippen LogP) is 2.58. The Morgan fingerprint density at radius 3 is 2.62 bits per heavy atom. The van der Waals surface area contributed by atoms with Crippen molar-refractivity contribution in [1.29, 1.82) is 0 Å². The summed E-state index contributed by atoms with van der Waals surface area (Å²) in [5.41, 5.74) is 1.57. The predicted molar refractivity (Wildman–Crippen MR) is 80.8 cm³/mol. The molecular weight excluding hydrogens is 272 g/mol. The third-order valence-corrected chi connectivity index (χ3v) is 3.18. The Morgan fingerprint density at radius 2 is 2.10 bits per heavy atom. The summed E-state index contributed by atoms with van der Waals surface area (Å²) < 4.78 is 5.21. The first kappa shape index (κ1) is 16.8. The second-order valence-corrected chi connectivity index (χ2v) is 4.91. The Bertz CT molecular complexity index is 516. The molecule has 1 unspecified atom stereocenters. The van der Waals surface area contributed by atoms with Crippen molar-refractivity contribution in [2.24, 2.45) is 5.92 Å². The fourth-order valence-corrected chi connectivity index (χ4v) is 1.88. The van der Waals surface area contributed by atoms with Crippen molar-refractivity contribution >= 4 is 17.7 Å². The van der Waals surface area contributed by atoms with Gasteiger partial charge in [-0.2, -0.15) is 0 Å². The molecule has 0 aromatic heterocycles. The number of hydrogen-bond donors (Lipinski definition) is 2. The van der Waals surface area contributed by atoms with Crippen LogP contribution >= 0.6 is 0 Å². The molecule has 0 aliphatic heterocycles. The molecule has 0 saturated carbocycles. The summed E-state index contributed by atoms with van der Waals surface area (Å²) in [5, 5.41) is 11.7. The molecule has 0 bridgehead atoms. The number of ether oxygens (including phenoxy) is 1. The third-order valence-electron chi connectivity index (χ3n) is 3.18. The topological polar surface area (TPSA) is 78.9 Å². The van der Waals surface area contributed by atoms with Crippen molar-refractivity contribution in [3.63, 3.8) is 0 Å². The average Bonchev–Trinajstić information content (AvgIpc) is 2.44. The Labute approximate surface area is 124 Å². The lowest BCUT2D eigenvalue weighted by atomic mass is 10.1. The minimum atomic E-state index is -0.922. The van der Waals surface area contributed by atoms with E-state index in [9.17, 15) is 9.59 Å². The molecule has 6 heteroatoms. The van der Waals surface area contributed by atoms with Crippen LogP contribution in [0.15, 0.2) is 18.2 Å². The number of nitrogens with zero attached hydrogens (tertiary/aromatic N) is 1. The first-order valence-electron chi connectivity index (χ1n) is 6.82. The molecule has 2 N–H and O–H groups in total. The van der Waals surface area contributed by atoms with Crippen molar-refractivity contribution in [2.45, 2.75) is 20.8 Å². The van der Waals surface area contributed by atoms with Crippen molar-refractivity contribution in [3.8, 4) is 5.75 Å². The molecule has 21 heavy (non-hydrogen) atoms. The number of benzene rings is 1. The van der Waals surface area contributed by atoms with Crippen LogP contribution in [0.3, 0.4) is 0 Å². The highest BCUT2D eigenvalue weighted by Crippen LogP contribution is 2.25. The molecule has 116 valence electrons. The molecule has 1 aromatic carbocycles. The maximum absolute atomic E-state index is 12.2. The summed E-state index contributed by atoms with van der Waals surface area (Å²) in [4.78, 5) is 24.6. The number of carbonyl (C=O) groups is 2. The number of aryl methyl sites for hydroxylation is 1. The molecule has 1 rings (SSSR count). The van der Waals surface area contributed by atoms with Gasteiger partial charge >= 0.3 is 12.0 Å². The lowest BCUT2D eigenvalue weighted by Gasteiger charge is -2.23. The van der Waals surface area contributed by atoms with Crippen LogP contribution in [0.25, 0.3) is 0 Å². The van der Waals surface area contributed by atoms with Gasteiger partial charge in [0.15, 0.2) is 0 Å². The number of urea groups is 1. The van der Waals surface area contributed by atoms with Crippen LogP contribution in [-0.4, -0.2) is 42.2 Å². The summed E-state index contributed by atoms with van der Waals surface area (Å²) in [6, 6.07) is 5.14. The normalized spacial score (nSPS) is 11.6. The third kappa shape index (κ3) is 4.66. The minimum Gasteiger partial charge on any atom is -0.495 e. The Kier molecular flexibility index (Phi) is 6.02. The summed E-state index contributed by atoms with van der Waals surface area (Å²) >= 11 is 0. The van der Waals surface area contributed by atoms with Gasteiger partial charge in [0.1, 0.15) is 5.75 Å². The van der Waals surface area contributed by atoms with E-state index in [0.717, 1.165) is 5.56 Å². The molecule has 2 amide bonds. The number of hydrogen-bond acceptors (Lipinski definition) is 3. The van der Waals surface area contributed by atoms with Gasteiger partial charge in [-0.25, -0.2) is 4.79 Å². The largest absolute Gasteiger partial charge is 0.495 e. The van der Waals surface area contributed by atoms with Crippen molar-refractivity contribution in [2.75, 3.05) is 25.5 Å². The molecule has 0 aliphatic carbocycles. The average molecular weight is 294 g/mol. The maximum Gasteiger partial charge on any atom is 0.321 e. The van der Waals surface area contributed by atoms with Crippen LogP contribution in [0.1, 0.15) is 19.4 Å². The number of amides is 2. The van der Waals surface area contributed by atoms with Crippen LogP contribution in [0, 0.1) is 12.8 Å². The summed E-state index contributed by atoms with van der Waals surface area (Å²) in [7, 11) is 1.53. The van der Waals surface area contributed by atoms with Crippen LogP contribution in [0.4, 0.5) is 10.5 Å². The molecule has 6 nitrogen and oxygen atoms in total. The van der Waals surface area contributed by atoms with Gasteiger partial charge in [0.05, 0.1) is 18.7 Å². The Hall–Kier alpha value is -2.24. The molecular formula is C15H22N2O4. The van der Waals surface area contributed by atoms with E-state index < -0.39 is 11.9 Å². The van der Waals surface area contributed by atoms with Crippen molar-refractivity contribution in [1.82, 2.24) is 4.90 Å². The number of nitrogens with one attached hydrogen (secondary N) is 1. The quantitative estimate of drug-likeness (QED) is 0.845. The lowest BCUT2D eigenvalue weighted by Crippen LogP contribution is -2.39. The van der Waals surface area contributed by atoms with Crippen molar-refractivity contribution in [3.05, 3.63) is 23.8 Å². The number of aliphatic carboxylic acids is 1. The van der Waals surface area contributed by atoms with Gasteiger partial charge in [0.2, 0.25) is 0 Å². The zero-order valence-corrected chi connectivity index (χ0v) is 12.8. The maximum atomic E-state index is 12.2. The molecule has 0 heterocycles. The summed E-state index contributed by atoms with van der Waals surface area (Å²) in [6.45, 7) is 5.88. The number of methoxy groups -OCH3 is 1. The summed E-state index contributed by atoms with van der Waals surface area (Å²) in [6.07, 6.45) is 0. The van der Waals surface area contributed by atoms with Gasteiger partial charge in [-0.1, -0.05) is 13.0 Å². The van der Waals surface area contributed by atoms with Crippen LogP contribution in [-0.2, 0) is 4.79 Å². The van der Waals surface area contributed by atoms with Gasteiger partial charge in [-0.15, -0.1) is 0 Å². The number of anilines is 1. The van der Waals surface area contributed by atoms with E-state index >= 15 is 0 Å². The molecule has 0 aliphatic rings. The first-order valence-corrected chi connectivity index (χ1v) is 6.82. The Balaban J connectivity index is 2.83. The van der Waals surface area contributed by atoms with Crippen LogP contribution in [0.5, 0.6) is 5.75 Å². The second kappa shape index (κ2) is 7.52. The van der Waals surface area contributed by atoms with E-state index in [1.807, 2.05) is 26.0 Å². The molecule has 0 radical (unpaired) electrons. The smallest absolute Gasteiger partial charge is 0.321 e. The van der Waals surface area contributed by atoms with E-state index in [-0.39, 0.29) is 12.6 Å². The number of carboxylic acid groups (broad SMARTS) is 1. The van der Waals surface area contributed by atoms with Crippen LogP contribution in [0.2, 0.25) is 0 Å². The Morgan fingerprint density at radius 1 is 1.43 bits per heavy atom. The molecule has 0 spiro atoms. The van der Waals surface area contributed by atoms with Crippen LogP contribution < -0.4 is 10.1 Å². The van der Waals surface area contributed by atoms with Gasteiger partial charge in [-0.3, -0.25) is 4.79 Å². The highest BCUT2D eigenvalue weighted by Gasteiger charge is 2.20. The number of carboxylic acids is 1. The highest BCUT2D eigenvalue weighted by atomic mass is 16.5. The van der Waals surface area contributed by atoms with E-state index in [1.54, 1.807) is 13.0 Å². The van der Waals surface area contributed by atoms with E-state index in [1.165, 1.54) is 12.0 Å². The molecule has 1 aromatic rings. The standard InChI is InChI=1S/C15H22N2O4/c1-5-17(9-11(3)14(18)19)15(20)16-12-8-10(2)6-7-13(12)21-4/h6-8,11H,5,9H2,1-4H3,(H,16,20)(H,18,19). The lowest BCUT2D eigenvalue weighted by molar-refractivity contribution is -0.141. The molecule has 0 fully saturated rings. The first-order chi connectivity index (χ1) is 9.88. The fraction of sp³-hybridized carbons (Fsp3) is 0.467. The number of carbonyl (C=O) groups excluding carboxylic acids is 1. The van der Waals surface area contributed by atoms with Gasteiger partial charge < -0.3 is 20.1 Å². The minimum absolute atomic E-state index is 0.159. The van der Waals surface area contributed by atoms with Gasteiger partial charge in [0, 0.05) is 13.1 Å². The van der Waals surface area contributed by atoms with E-state index in [0.29, 0.717) is 18.0 Å². The zero-order valence-electron chi connectivity index (χ0n) is 12.8. The van der Waals surface area contributed by atoms with Gasteiger partial charge in [0.25, 0.3) is 0 Å². The van der Waals surface area contributed by atoms with Gasteiger partial charge in [-0.05, 0) is 31.5 Å².